The molecule has 3 rings (SSSR count). The van der Waals surface area contributed by atoms with E-state index in [1.54, 1.807) is 11.8 Å². The number of nitrogens with zero attached hydrogens (tertiary/aromatic N) is 2. The molecule has 6 heteroatoms. The van der Waals surface area contributed by atoms with Crippen LogP contribution in [0.1, 0.15) is 62.3 Å². The number of aromatic nitrogens is 2. The zero-order chi connectivity index (χ0) is 17.5. The van der Waals surface area contributed by atoms with E-state index in [2.05, 4.69) is 46.7 Å². The minimum absolute atomic E-state index is 0.0663. The van der Waals surface area contributed by atoms with Gasteiger partial charge >= 0.3 is 6.01 Å². The number of amides is 1. The Morgan fingerprint density at radius 2 is 1.96 bits per heavy atom. The number of benzene rings is 1. The Morgan fingerprint density at radius 3 is 2.72 bits per heavy atom. The lowest BCUT2D eigenvalue weighted by Gasteiger charge is -2.17. The first kappa shape index (κ1) is 18.0. The Kier molecular flexibility index (Phi) is 6.50. The van der Waals surface area contributed by atoms with E-state index in [-0.39, 0.29) is 11.9 Å². The van der Waals surface area contributed by atoms with Crippen LogP contribution in [0.5, 0.6) is 0 Å². The first-order valence-corrected chi connectivity index (χ1v) is 10.0. The topological polar surface area (TPSA) is 68.0 Å². The molecule has 1 amide bonds. The highest BCUT2D eigenvalue weighted by Crippen LogP contribution is 2.32. The number of nitrogens with one attached hydrogen (secondary N) is 1. The molecule has 1 aliphatic rings. The summed E-state index contributed by atoms with van der Waals surface area (Å²) in [6, 6.07) is 8.68. The van der Waals surface area contributed by atoms with Crippen LogP contribution in [0, 0.1) is 6.92 Å². The molecule has 1 aromatic carbocycles. The monoisotopic (exact) mass is 359 g/mol. The minimum Gasteiger partial charge on any atom is -0.408 e. The number of carbonyl (C=O) groups is 1. The molecule has 1 saturated carbocycles. The molecule has 25 heavy (non-hydrogen) atoms. The summed E-state index contributed by atoms with van der Waals surface area (Å²) >= 11 is 1.77. The van der Waals surface area contributed by atoms with E-state index in [0.717, 1.165) is 25.0 Å². The van der Waals surface area contributed by atoms with Crippen molar-refractivity contribution in [2.45, 2.75) is 62.7 Å². The summed E-state index contributed by atoms with van der Waals surface area (Å²) in [5.41, 5.74) is 1.26. The van der Waals surface area contributed by atoms with E-state index in [1.165, 1.54) is 29.7 Å². The standard InChI is InChI=1S/C19H25N3O2S/c1-14-9-11-16(12-10-14)25-13-5-8-17(23)20-19-22-21-18(24-19)15-6-3-2-4-7-15/h9-12,15H,2-8,13H2,1H3,(H,20,22,23). The van der Waals surface area contributed by atoms with Gasteiger partial charge in [0.1, 0.15) is 0 Å². The predicted molar refractivity (Wildman–Crippen MR) is 99.9 cm³/mol. The first-order chi connectivity index (χ1) is 12.2. The van der Waals surface area contributed by atoms with Gasteiger partial charge in [-0.2, -0.15) is 0 Å². The Morgan fingerprint density at radius 1 is 1.20 bits per heavy atom. The van der Waals surface area contributed by atoms with Crippen molar-refractivity contribution in [1.29, 1.82) is 0 Å². The second kappa shape index (κ2) is 9.04. The smallest absolute Gasteiger partial charge is 0.322 e. The summed E-state index contributed by atoms with van der Waals surface area (Å²) in [6.45, 7) is 2.08. The summed E-state index contributed by atoms with van der Waals surface area (Å²) in [5.74, 6) is 1.87. The third kappa shape index (κ3) is 5.59. The van der Waals surface area contributed by atoms with Crippen LogP contribution in [0.3, 0.4) is 0 Å². The molecule has 0 atom stereocenters. The molecular formula is C19H25N3O2S. The fourth-order valence-corrected chi connectivity index (χ4v) is 3.89. The van der Waals surface area contributed by atoms with Crippen LogP contribution >= 0.6 is 11.8 Å². The highest BCUT2D eigenvalue weighted by atomic mass is 32.2. The number of rotatable bonds is 7. The second-order valence-electron chi connectivity index (χ2n) is 6.59. The lowest BCUT2D eigenvalue weighted by atomic mass is 9.89. The molecule has 1 heterocycles. The zero-order valence-electron chi connectivity index (χ0n) is 14.7. The zero-order valence-corrected chi connectivity index (χ0v) is 15.5. The highest BCUT2D eigenvalue weighted by molar-refractivity contribution is 7.99. The van der Waals surface area contributed by atoms with Crippen LogP contribution in [0.4, 0.5) is 6.01 Å². The van der Waals surface area contributed by atoms with Crippen molar-refractivity contribution in [2.75, 3.05) is 11.1 Å². The normalized spacial score (nSPS) is 15.2. The molecule has 0 saturated heterocycles. The molecule has 0 bridgehead atoms. The average Bonchev–Trinajstić information content (AvgIpc) is 3.09. The molecule has 0 spiro atoms. The Bertz CT molecular complexity index is 678. The van der Waals surface area contributed by atoms with Crippen LogP contribution in [-0.2, 0) is 4.79 Å². The molecule has 1 aliphatic carbocycles. The molecule has 2 aromatic rings. The number of carbonyl (C=O) groups excluding carboxylic acids is 1. The number of thioether (sulfide) groups is 1. The number of anilines is 1. The molecule has 5 nitrogen and oxygen atoms in total. The van der Waals surface area contributed by atoms with Gasteiger partial charge in [-0.25, -0.2) is 0 Å². The highest BCUT2D eigenvalue weighted by Gasteiger charge is 2.21. The van der Waals surface area contributed by atoms with E-state index < -0.39 is 0 Å². The number of hydrogen-bond acceptors (Lipinski definition) is 5. The third-order valence-electron chi connectivity index (χ3n) is 4.48. The largest absolute Gasteiger partial charge is 0.408 e. The van der Waals surface area contributed by atoms with Gasteiger partial charge in [0, 0.05) is 17.2 Å². The quantitative estimate of drug-likeness (QED) is 0.560. The van der Waals surface area contributed by atoms with Gasteiger partial charge in [-0.1, -0.05) is 42.1 Å². The lowest BCUT2D eigenvalue weighted by Crippen LogP contribution is -2.11. The molecule has 0 unspecified atom stereocenters. The van der Waals surface area contributed by atoms with Crippen LogP contribution in [0.2, 0.25) is 0 Å². The van der Waals surface area contributed by atoms with Gasteiger partial charge < -0.3 is 4.42 Å². The number of hydrogen-bond donors (Lipinski definition) is 1. The van der Waals surface area contributed by atoms with E-state index in [4.69, 9.17) is 4.42 Å². The lowest BCUT2D eigenvalue weighted by molar-refractivity contribution is -0.116. The van der Waals surface area contributed by atoms with Gasteiger partial charge in [0.2, 0.25) is 11.8 Å². The molecule has 1 N–H and O–H groups in total. The SMILES string of the molecule is Cc1ccc(SCCCC(=O)Nc2nnc(C3CCCCC3)o2)cc1. The van der Waals surface area contributed by atoms with E-state index in [1.807, 2.05) is 0 Å². The minimum atomic E-state index is -0.0663. The Hall–Kier alpha value is -1.82. The number of aryl methyl sites for hydroxylation is 1. The Labute approximate surface area is 153 Å². The molecule has 0 radical (unpaired) electrons. The summed E-state index contributed by atoms with van der Waals surface area (Å²) in [4.78, 5) is 13.2. The van der Waals surface area contributed by atoms with Crippen LogP contribution in [0.25, 0.3) is 0 Å². The van der Waals surface area contributed by atoms with Crippen molar-refractivity contribution >= 4 is 23.7 Å². The van der Waals surface area contributed by atoms with E-state index in [9.17, 15) is 4.79 Å². The van der Waals surface area contributed by atoms with Crippen LogP contribution < -0.4 is 5.32 Å². The van der Waals surface area contributed by atoms with Crippen molar-refractivity contribution in [3.05, 3.63) is 35.7 Å². The first-order valence-electron chi connectivity index (χ1n) is 9.03. The predicted octanol–water partition coefficient (Wildman–Crippen LogP) is 4.94. The molecule has 0 aliphatic heterocycles. The van der Waals surface area contributed by atoms with Gasteiger partial charge in [0.05, 0.1) is 0 Å². The van der Waals surface area contributed by atoms with Gasteiger partial charge in [-0.15, -0.1) is 16.9 Å². The molecule has 1 fully saturated rings. The van der Waals surface area contributed by atoms with Crippen LogP contribution in [0.15, 0.2) is 33.6 Å². The van der Waals surface area contributed by atoms with Crippen molar-refractivity contribution in [1.82, 2.24) is 10.2 Å². The van der Waals surface area contributed by atoms with Gasteiger partial charge in [-0.05, 0) is 44.1 Å². The summed E-state index contributed by atoms with van der Waals surface area (Å²) in [7, 11) is 0. The summed E-state index contributed by atoms with van der Waals surface area (Å²) < 4.78 is 5.62. The van der Waals surface area contributed by atoms with Crippen LogP contribution in [-0.4, -0.2) is 21.9 Å². The van der Waals surface area contributed by atoms with Crippen molar-refractivity contribution < 1.29 is 9.21 Å². The summed E-state index contributed by atoms with van der Waals surface area (Å²) in [6.07, 6.45) is 7.20. The molecule has 134 valence electrons. The average molecular weight is 359 g/mol. The maximum atomic E-state index is 12.0. The van der Waals surface area contributed by atoms with Gasteiger partial charge in [0.25, 0.3) is 0 Å². The van der Waals surface area contributed by atoms with Crippen molar-refractivity contribution in [3.63, 3.8) is 0 Å². The molecular weight excluding hydrogens is 334 g/mol. The maximum Gasteiger partial charge on any atom is 0.322 e. The molecule has 1 aromatic heterocycles. The fourth-order valence-electron chi connectivity index (χ4n) is 3.04. The summed E-state index contributed by atoms with van der Waals surface area (Å²) in [5, 5.41) is 10.8. The van der Waals surface area contributed by atoms with Gasteiger partial charge in [0.15, 0.2) is 0 Å². The van der Waals surface area contributed by atoms with E-state index >= 15 is 0 Å². The van der Waals surface area contributed by atoms with E-state index in [0.29, 0.717) is 18.2 Å². The van der Waals surface area contributed by atoms with Gasteiger partial charge in [-0.3, -0.25) is 10.1 Å². The van der Waals surface area contributed by atoms with Crippen molar-refractivity contribution in [2.24, 2.45) is 0 Å². The third-order valence-corrected chi connectivity index (χ3v) is 5.58. The maximum absolute atomic E-state index is 12.0. The van der Waals surface area contributed by atoms with Crippen molar-refractivity contribution in [3.8, 4) is 0 Å². The fraction of sp³-hybridized carbons (Fsp3) is 0.526. The second-order valence-corrected chi connectivity index (χ2v) is 7.76. The Balaban J connectivity index is 1.37.